The Morgan fingerprint density at radius 2 is 1.04 bits per heavy atom. The maximum atomic E-state index is 8.75. The van der Waals surface area contributed by atoms with Crippen LogP contribution in [0.1, 0.15) is 85.9 Å². The van der Waals surface area contributed by atoms with Crippen LogP contribution in [0.4, 0.5) is 0 Å². The van der Waals surface area contributed by atoms with Gasteiger partial charge in [-0.25, -0.2) is 0 Å². The normalized spacial score (nSPS) is 18.3. The number of rotatable bonds is 8. The second-order valence-corrected chi connectivity index (χ2v) is 54.7. The molecule has 6 rings (SSSR count). The molecule has 0 amide bonds. The Morgan fingerprint density at radius 1 is 0.600 bits per heavy atom. The van der Waals surface area contributed by atoms with Crippen molar-refractivity contribution >= 4 is 35.1 Å². The number of fused-ring (bicyclic) bond motifs is 2. The number of benzene rings is 4. The fraction of sp³-hybridized carbons (Fsp3) is 0.317. The monoisotopic (exact) mass is 727 g/mol. The summed E-state index contributed by atoms with van der Waals surface area (Å²) < 4.78 is 0.240. The quantitative estimate of drug-likeness (QED) is 0.158. The molecule has 4 aromatic rings. The predicted octanol–water partition coefficient (Wildman–Crippen LogP) is 13.0. The van der Waals surface area contributed by atoms with Gasteiger partial charge < -0.3 is 0 Å². The molecule has 0 saturated carbocycles. The van der Waals surface area contributed by atoms with E-state index in [9.17, 15) is 0 Å². The van der Waals surface area contributed by atoms with E-state index in [1.54, 1.807) is 0 Å². The molecule has 0 aromatic heterocycles. The van der Waals surface area contributed by atoms with Gasteiger partial charge in [-0.1, -0.05) is 0 Å². The van der Waals surface area contributed by atoms with E-state index in [0.717, 1.165) is 18.5 Å². The Bertz CT molecular complexity index is 1840. The van der Waals surface area contributed by atoms with Crippen LogP contribution in [0.5, 0.6) is 0 Å². The molecule has 0 N–H and O–H groups in total. The number of halogens is 2. The topological polar surface area (TPSA) is 0 Å². The van der Waals surface area contributed by atoms with Crippen molar-refractivity contribution in [2.45, 2.75) is 81.2 Å². The van der Waals surface area contributed by atoms with Crippen molar-refractivity contribution in [3.63, 3.8) is 0 Å². The summed E-state index contributed by atoms with van der Waals surface area (Å²) in [6, 6.07) is 29.9. The van der Waals surface area contributed by atoms with Crippen molar-refractivity contribution in [3.05, 3.63) is 128 Å². The van der Waals surface area contributed by atoms with Gasteiger partial charge in [-0.3, -0.25) is 0 Å². The van der Waals surface area contributed by atoms with Crippen molar-refractivity contribution in [1.29, 1.82) is 0 Å². The molecule has 2 unspecified atom stereocenters. The van der Waals surface area contributed by atoms with Crippen LogP contribution < -0.4 is 0 Å². The van der Waals surface area contributed by atoms with E-state index in [2.05, 4.69) is 140 Å². The molecule has 0 radical (unpaired) electrons. The molecule has 0 fully saturated rings. The van der Waals surface area contributed by atoms with Crippen molar-refractivity contribution in [2.75, 3.05) is 0 Å². The molecule has 45 heavy (non-hydrogen) atoms. The van der Waals surface area contributed by atoms with E-state index < -0.39 is 21.5 Å². The Kier molecular flexibility index (Phi) is 8.97. The first kappa shape index (κ1) is 33.0. The van der Waals surface area contributed by atoms with Gasteiger partial charge in [-0.05, 0) is 0 Å². The van der Waals surface area contributed by atoms with E-state index in [-0.39, 0.29) is 7.25 Å². The summed E-state index contributed by atoms with van der Waals surface area (Å²) in [6.07, 6.45) is 5.90. The Balaban J connectivity index is 1.60. The molecular weight excluding hydrogens is 683 g/mol. The van der Waals surface area contributed by atoms with E-state index in [0.29, 0.717) is 0 Å². The molecule has 2 aliphatic carbocycles. The van der Waals surface area contributed by atoms with Crippen molar-refractivity contribution < 1.29 is 15.6 Å². The van der Waals surface area contributed by atoms with E-state index in [1.165, 1.54) is 77.9 Å². The molecule has 4 heteroatoms. The average Bonchev–Trinajstić information content (AvgIpc) is 3.55. The molecule has 0 spiro atoms. The van der Waals surface area contributed by atoms with Gasteiger partial charge in [0.25, 0.3) is 0 Å². The maximum absolute atomic E-state index is 8.75. The number of hydrogen-bond donors (Lipinski definition) is 0. The third kappa shape index (κ3) is 5.37. The molecule has 0 heterocycles. The van der Waals surface area contributed by atoms with Crippen LogP contribution in [0.25, 0.3) is 34.4 Å². The summed E-state index contributed by atoms with van der Waals surface area (Å²) in [7, 11) is 17.5. The van der Waals surface area contributed by atoms with Gasteiger partial charge in [-0.15, -0.1) is 0 Å². The van der Waals surface area contributed by atoms with Crippen molar-refractivity contribution in [2.24, 2.45) is 0 Å². The summed E-state index contributed by atoms with van der Waals surface area (Å²) in [6.45, 7) is 18.2. The second kappa shape index (κ2) is 12.2. The van der Waals surface area contributed by atoms with Crippen LogP contribution in [-0.4, -0.2) is 5.92 Å². The van der Waals surface area contributed by atoms with Crippen LogP contribution in [0, 0.1) is 27.7 Å². The number of aryl methyl sites for hydroxylation is 4. The van der Waals surface area contributed by atoms with Gasteiger partial charge in [0.1, 0.15) is 0 Å². The third-order valence-electron chi connectivity index (χ3n) is 10.8. The fourth-order valence-electron chi connectivity index (χ4n) is 9.18. The zero-order chi connectivity index (χ0) is 32.3. The van der Waals surface area contributed by atoms with Gasteiger partial charge in [0.05, 0.1) is 0 Å². The first-order valence-corrected chi connectivity index (χ1v) is 32.4. The predicted molar refractivity (Wildman–Crippen MR) is 200 cm³/mol. The first-order chi connectivity index (χ1) is 21.4. The first-order valence-electron chi connectivity index (χ1n) is 16.8. The molecule has 2 aliphatic rings. The summed E-state index contributed by atoms with van der Waals surface area (Å²) in [5.74, 6) is -1.60. The molecule has 0 saturated heterocycles. The summed E-state index contributed by atoms with van der Waals surface area (Å²) in [5.41, 5.74) is 18.6. The standard InChI is InChI=1S/C19H19.C18H17.C4H11Si.2ClH.Zr/c1-4-15-11-16-6-5-7-18(19(16)12-15)17-9-13(2)8-14(3)10-17;1-12-7-13(2)10-16(9-12)17-6-4-5-15-8-14(3)11-18(15)17;1-3-5-4-2;;;/h5-12H,4H2,1-3H3;4-11H,1-3H3;5H,3-4H2,1-2H3;2*1H;/q;;;;;+2/p-2. The van der Waals surface area contributed by atoms with Gasteiger partial charge in [0.2, 0.25) is 0 Å². The van der Waals surface area contributed by atoms with Crippen LogP contribution in [0.2, 0.25) is 12.1 Å². The Labute approximate surface area is 280 Å². The van der Waals surface area contributed by atoms with Gasteiger partial charge in [0.15, 0.2) is 0 Å². The minimum atomic E-state index is -4.83. The van der Waals surface area contributed by atoms with Gasteiger partial charge in [0, 0.05) is 0 Å². The van der Waals surface area contributed by atoms with Gasteiger partial charge >= 0.3 is 283 Å². The average molecular weight is 730 g/mol. The zero-order valence-corrected chi connectivity index (χ0v) is 33.3. The molecular formula is C41H47Cl2SiZr. The Morgan fingerprint density at radius 3 is 1.49 bits per heavy atom. The van der Waals surface area contributed by atoms with E-state index in [4.69, 9.17) is 17.0 Å². The SMILES string of the molecule is CCC1=Cc2c(-c3cc(C)cc(C)c3)cccc2[CH]1[Zr]([Cl])([Cl])([CH]1C(C)=Cc2c(-c3cc(C)cc(C)c3)cccc21)[SiH](CC)CC. The number of hydrogen-bond acceptors (Lipinski definition) is 0. The van der Waals surface area contributed by atoms with Crippen LogP contribution in [0.3, 0.4) is 0 Å². The molecule has 233 valence electrons. The van der Waals surface area contributed by atoms with Gasteiger partial charge in [-0.2, -0.15) is 0 Å². The second-order valence-electron chi connectivity index (χ2n) is 13.9. The summed E-state index contributed by atoms with van der Waals surface area (Å²) in [4.78, 5) is 0. The summed E-state index contributed by atoms with van der Waals surface area (Å²) in [5, 5.41) is 0. The van der Waals surface area contributed by atoms with Crippen LogP contribution >= 0.6 is 17.0 Å². The van der Waals surface area contributed by atoms with E-state index in [1.807, 2.05) is 0 Å². The van der Waals surface area contributed by atoms with Crippen LogP contribution in [0.15, 0.2) is 83.9 Å². The third-order valence-corrected chi connectivity index (χ3v) is 60.9. The summed E-state index contributed by atoms with van der Waals surface area (Å²) >= 11 is -4.83. The van der Waals surface area contributed by atoms with Crippen molar-refractivity contribution in [1.82, 2.24) is 0 Å². The number of allylic oxidation sites excluding steroid dienone is 2. The van der Waals surface area contributed by atoms with Crippen molar-refractivity contribution in [3.8, 4) is 22.3 Å². The molecule has 0 nitrogen and oxygen atoms in total. The molecule has 0 bridgehead atoms. The molecule has 0 aliphatic heterocycles. The molecule has 4 aromatic carbocycles. The fourth-order valence-corrected chi connectivity index (χ4v) is 62.9. The molecule has 2 atom stereocenters. The van der Waals surface area contributed by atoms with Crippen LogP contribution in [-0.2, 0) is 15.6 Å². The Hall–Kier alpha value is -1.96. The zero-order valence-electron chi connectivity index (χ0n) is 28.2. The minimum absolute atomic E-state index is 0.114. The van der Waals surface area contributed by atoms with E-state index >= 15 is 0 Å².